The maximum absolute atomic E-state index is 11.4. The maximum Gasteiger partial charge on any atom is 0.248 e. The number of hydrogen-bond acceptors (Lipinski definition) is 3. The van der Waals surface area contributed by atoms with Crippen molar-refractivity contribution in [3.8, 4) is 17.1 Å². The van der Waals surface area contributed by atoms with E-state index in [0.717, 1.165) is 28.2 Å². The van der Waals surface area contributed by atoms with Gasteiger partial charge in [0.1, 0.15) is 5.82 Å². The lowest BCUT2D eigenvalue weighted by atomic mass is 10.0. The van der Waals surface area contributed by atoms with Crippen LogP contribution in [0, 0.1) is 13.8 Å². The lowest BCUT2D eigenvalue weighted by molar-refractivity contribution is 0.0999. The maximum atomic E-state index is 11.4. The Hall–Kier alpha value is -2.40. The average Bonchev–Trinajstić information content (AvgIpc) is 3.10. The van der Waals surface area contributed by atoms with Crippen LogP contribution >= 0.6 is 11.3 Å². The van der Waals surface area contributed by atoms with Crippen LogP contribution in [0.5, 0.6) is 0 Å². The van der Waals surface area contributed by atoms with Crippen molar-refractivity contribution in [2.24, 2.45) is 5.73 Å². The van der Waals surface area contributed by atoms with E-state index in [1.807, 2.05) is 42.1 Å². The van der Waals surface area contributed by atoms with Crippen LogP contribution in [0.4, 0.5) is 0 Å². The molecule has 1 amide bonds. The second kappa shape index (κ2) is 5.18. The van der Waals surface area contributed by atoms with Crippen LogP contribution in [-0.2, 0) is 0 Å². The molecule has 1 aromatic carbocycles. The molecule has 0 saturated carbocycles. The molecular formula is C16H15N3OS. The van der Waals surface area contributed by atoms with Crippen LogP contribution < -0.4 is 5.73 Å². The summed E-state index contributed by atoms with van der Waals surface area (Å²) in [6, 6.07) is 5.74. The van der Waals surface area contributed by atoms with Crippen LogP contribution in [-0.4, -0.2) is 15.5 Å². The molecule has 0 bridgehead atoms. The number of carbonyl (C=O) groups excluding carboxylic acids is 1. The van der Waals surface area contributed by atoms with E-state index >= 15 is 0 Å². The molecule has 0 aliphatic carbocycles. The van der Waals surface area contributed by atoms with Gasteiger partial charge in [-0.25, -0.2) is 4.98 Å². The zero-order valence-corrected chi connectivity index (χ0v) is 12.6. The van der Waals surface area contributed by atoms with Crippen LogP contribution in [0.25, 0.3) is 17.1 Å². The molecule has 0 saturated heterocycles. The molecule has 0 aliphatic rings. The third kappa shape index (κ3) is 2.25. The predicted molar refractivity (Wildman–Crippen MR) is 84.9 cm³/mol. The number of thiophene rings is 1. The topological polar surface area (TPSA) is 60.9 Å². The summed E-state index contributed by atoms with van der Waals surface area (Å²) in [7, 11) is 0. The van der Waals surface area contributed by atoms with Gasteiger partial charge >= 0.3 is 0 Å². The number of carbonyl (C=O) groups is 1. The highest BCUT2D eigenvalue weighted by Gasteiger charge is 2.14. The number of nitrogens with zero attached hydrogens (tertiary/aromatic N) is 2. The highest BCUT2D eigenvalue weighted by Crippen LogP contribution is 2.27. The third-order valence-corrected chi connectivity index (χ3v) is 4.39. The Balaban J connectivity index is 2.17. The number of imidazole rings is 1. The minimum absolute atomic E-state index is 0.397. The lowest BCUT2D eigenvalue weighted by Gasteiger charge is -2.14. The van der Waals surface area contributed by atoms with E-state index in [2.05, 4.69) is 10.4 Å². The zero-order chi connectivity index (χ0) is 15.0. The fourth-order valence-electron chi connectivity index (χ4n) is 2.44. The first kappa shape index (κ1) is 13.6. The molecule has 0 radical (unpaired) electrons. The van der Waals surface area contributed by atoms with Crippen molar-refractivity contribution in [2.45, 2.75) is 13.8 Å². The number of nitrogens with two attached hydrogens (primary N) is 1. The Morgan fingerprint density at radius 2 is 2.05 bits per heavy atom. The van der Waals surface area contributed by atoms with Crippen molar-refractivity contribution in [2.75, 3.05) is 0 Å². The fraction of sp³-hybridized carbons (Fsp3) is 0.125. The summed E-state index contributed by atoms with van der Waals surface area (Å²) >= 11 is 1.64. The van der Waals surface area contributed by atoms with Crippen molar-refractivity contribution in [1.82, 2.24) is 9.55 Å². The van der Waals surface area contributed by atoms with E-state index < -0.39 is 5.91 Å². The van der Waals surface area contributed by atoms with Gasteiger partial charge in [-0.3, -0.25) is 9.36 Å². The Bertz CT molecular complexity index is 803. The van der Waals surface area contributed by atoms with E-state index in [1.54, 1.807) is 23.6 Å². The summed E-state index contributed by atoms with van der Waals surface area (Å²) in [6.07, 6.45) is 3.71. The summed E-state index contributed by atoms with van der Waals surface area (Å²) < 4.78 is 2.04. The molecule has 2 N–H and O–H groups in total. The number of amides is 1. The van der Waals surface area contributed by atoms with Crippen molar-refractivity contribution >= 4 is 17.2 Å². The average molecular weight is 297 g/mol. The van der Waals surface area contributed by atoms with Crippen molar-refractivity contribution in [3.05, 3.63) is 58.0 Å². The Kier molecular flexibility index (Phi) is 3.35. The molecule has 106 valence electrons. The van der Waals surface area contributed by atoms with Gasteiger partial charge in [-0.15, -0.1) is 0 Å². The van der Waals surface area contributed by atoms with Gasteiger partial charge in [0.2, 0.25) is 5.91 Å². The molecule has 0 aliphatic heterocycles. The van der Waals surface area contributed by atoms with Crippen LogP contribution in [0.15, 0.2) is 41.4 Å². The molecule has 2 aromatic heterocycles. The van der Waals surface area contributed by atoms with Crippen molar-refractivity contribution in [1.29, 1.82) is 0 Å². The molecule has 3 rings (SSSR count). The summed E-state index contributed by atoms with van der Waals surface area (Å²) in [4.78, 5) is 15.9. The van der Waals surface area contributed by atoms with Gasteiger partial charge in [-0.2, -0.15) is 11.3 Å². The Labute approximate surface area is 126 Å². The lowest BCUT2D eigenvalue weighted by Crippen LogP contribution is -2.14. The Morgan fingerprint density at radius 1 is 1.24 bits per heavy atom. The van der Waals surface area contributed by atoms with Gasteiger partial charge in [0.25, 0.3) is 0 Å². The van der Waals surface area contributed by atoms with Crippen LogP contribution in [0.1, 0.15) is 21.5 Å². The van der Waals surface area contributed by atoms with Gasteiger partial charge in [-0.1, -0.05) is 0 Å². The standard InChI is InChI=1S/C16H15N3OS/c1-10-11(2)14(4-3-13(10)15(17)20)19-7-6-18-16(19)12-5-8-21-9-12/h3-9H,1-2H3,(H2,17,20). The van der Waals surface area contributed by atoms with E-state index in [1.165, 1.54) is 0 Å². The fourth-order valence-corrected chi connectivity index (χ4v) is 3.07. The summed E-state index contributed by atoms with van der Waals surface area (Å²) in [6.45, 7) is 3.91. The molecule has 0 unspecified atom stereocenters. The van der Waals surface area contributed by atoms with E-state index in [-0.39, 0.29) is 0 Å². The molecule has 0 atom stereocenters. The Morgan fingerprint density at radius 3 is 2.71 bits per heavy atom. The van der Waals surface area contributed by atoms with Crippen LogP contribution in [0.3, 0.4) is 0 Å². The molecule has 0 fully saturated rings. The largest absolute Gasteiger partial charge is 0.366 e. The number of rotatable bonds is 3. The highest BCUT2D eigenvalue weighted by atomic mass is 32.1. The van der Waals surface area contributed by atoms with E-state index in [9.17, 15) is 4.79 Å². The first-order chi connectivity index (χ1) is 10.1. The summed E-state index contributed by atoms with van der Waals surface area (Å²) in [5, 5.41) is 4.10. The van der Waals surface area contributed by atoms with Crippen molar-refractivity contribution in [3.63, 3.8) is 0 Å². The highest BCUT2D eigenvalue weighted by molar-refractivity contribution is 7.08. The number of primary amides is 1. The van der Waals surface area contributed by atoms with Crippen LogP contribution in [0.2, 0.25) is 0 Å². The van der Waals surface area contributed by atoms with Gasteiger partial charge < -0.3 is 5.73 Å². The number of aromatic nitrogens is 2. The van der Waals surface area contributed by atoms with E-state index in [0.29, 0.717) is 5.56 Å². The molecule has 21 heavy (non-hydrogen) atoms. The van der Waals surface area contributed by atoms with E-state index in [4.69, 9.17) is 5.73 Å². The van der Waals surface area contributed by atoms with Gasteiger partial charge in [0.15, 0.2) is 0 Å². The first-order valence-corrected chi connectivity index (χ1v) is 7.50. The molecule has 5 heteroatoms. The van der Waals surface area contributed by atoms with Gasteiger partial charge in [-0.05, 0) is 48.6 Å². The smallest absolute Gasteiger partial charge is 0.248 e. The minimum Gasteiger partial charge on any atom is -0.366 e. The third-order valence-electron chi connectivity index (χ3n) is 3.70. The molecule has 0 spiro atoms. The zero-order valence-electron chi connectivity index (χ0n) is 11.8. The first-order valence-electron chi connectivity index (χ1n) is 6.56. The second-order valence-corrected chi connectivity index (χ2v) is 5.66. The SMILES string of the molecule is Cc1c(C(N)=O)ccc(-n2ccnc2-c2ccsc2)c1C. The van der Waals surface area contributed by atoms with Gasteiger partial charge in [0.05, 0.1) is 5.69 Å². The quantitative estimate of drug-likeness (QED) is 0.806. The molecular weight excluding hydrogens is 282 g/mol. The normalized spacial score (nSPS) is 10.8. The number of benzene rings is 1. The number of hydrogen-bond donors (Lipinski definition) is 1. The van der Waals surface area contributed by atoms with Gasteiger partial charge in [0, 0.05) is 28.9 Å². The molecule has 3 aromatic rings. The summed E-state index contributed by atoms with van der Waals surface area (Å²) in [5.41, 5.74) is 10.00. The molecule has 2 heterocycles. The molecule has 4 nitrogen and oxygen atoms in total. The monoisotopic (exact) mass is 297 g/mol. The predicted octanol–water partition coefficient (Wildman–Crippen LogP) is 3.32. The van der Waals surface area contributed by atoms with Crippen molar-refractivity contribution < 1.29 is 4.79 Å². The summed E-state index contributed by atoms with van der Waals surface area (Å²) in [5.74, 6) is 0.497. The second-order valence-electron chi connectivity index (χ2n) is 4.88. The minimum atomic E-state index is -0.397.